The molecule has 0 unspecified atom stereocenters. The topological polar surface area (TPSA) is 121 Å². The van der Waals surface area contributed by atoms with Crippen LogP contribution in [0.1, 0.15) is 0 Å². The Balaban J connectivity index is 1.33. The van der Waals surface area contributed by atoms with Gasteiger partial charge in [0.15, 0.2) is 24.7 Å². The van der Waals surface area contributed by atoms with Gasteiger partial charge in [0.2, 0.25) is 6.10 Å². The zero-order valence-corrected chi connectivity index (χ0v) is 16.1. The van der Waals surface area contributed by atoms with Crippen molar-refractivity contribution < 1.29 is 38.1 Å². The molecule has 0 fully saturated rings. The molecule has 10 nitrogen and oxygen atoms in total. The second-order valence-corrected chi connectivity index (χ2v) is 6.03. The monoisotopic (exact) mass is 416 g/mol. The van der Waals surface area contributed by atoms with Crippen LogP contribution in [0.25, 0.3) is 0 Å². The number of carbonyl (C=O) groups is 3. The second-order valence-electron chi connectivity index (χ2n) is 6.03. The van der Waals surface area contributed by atoms with Crippen molar-refractivity contribution in [3.05, 3.63) is 48.5 Å². The number of hydrogen-bond acceptors (Lipinski definition) is 8. The Bertz CT molecular complexity index is 900. The van der Waals surface area contributed by atoms with Crippen LogP contribution in [-0.4, -0.2) is 50.8 Å². The van der Waals surface area contributed by atoms with E-state index in [9.17, 15) is 14.4 Å². The minimum Gasteiger partial charge on any atom is -0.497 e. The van der Waals surface area contributed by atoms with E-state index in [1.54, 1.807) is 48.5 Å². The first kappa shape index (κ1) is 20.8. The summed E-state index contributed by atoms with van der Waals surface area (Å²) in [6, 6.07) is 13.5. The predicted octanol–water partition coefficient (Wildman–Crippen LogP) is 0.605. The highest BCUT2D eigenvalue weighted by Crippen LogP contribution is 2.30. The van der Waals surface area contributed by atoms with Gasteiger partial charge in [-0.25, -0.2) is 4.79 Å². The van der Waals surface area contributed by atoms with Crippen LogP contribution < -0.4 is 29.8 Å². The summed E-state index contributed by atoms with van der Waals surface area (Å²) in [6.45, 7) is -0.967. The number of amides is 2. The highest BCUT2D eigenvalue weighted by Gasteiger charge is 2.27. The average molecular weight is 416 g/mol. The van der Waals surface area contributed by atoms with Gasteiger partial charge in [-0.3, -0.25) is 20.4 Å². The molecule has 2 N–H and O–H groups in total. The minimum absolute atomic E-state index is 0.00357. The fraction of sp³-hybridized carbons (Fsp3) is 0.250. The van der Waals surface area contributed by atoms with Crippen molar-refractivity contribution >= 4 is 17.8 Å². The van der Waals surface area contributed by atoms with Crippen LogP contribution in [0.3, 0.4) is 0 Å². The van der Waals surface area contributed by atoms with Crippen molar-refractivity contribution in [1.29, 1.82) is 0 Å². The number of nitrogens with one attached hydrogen (secondary N) is 2. The minimum atomic E-state index is -0.930. The smallest absolute Gasteiger partial charge is 0.344 e. The van der Waals surface area contributed by atoms with Gasteiger partial charge >= 0.3 is 5.97 Å². The van der Waals surface area contributed by atoms with Gasteiger partial charge < -0.3 is 23.7 Å². The SMILES string of the molecule is COc1ccc(OCC(=O)OCC(=O)NNC(=O)[C@@H]2COc3ccccc3O2)cc1. The van der Waals surface area contributed by atoms with E-state index in [4.69, 9.17) is 23.7 Å². The lowest BCUT2D eigenvalue weighted by Crippen LogP contribution is -2.51. The number of hydrazine groups is 1. The Labute approximate surface area is 172 Å². The predicted molar refractivity (Wildman–Crippen MR) is 102 cm³/mol. The lowest BCUT2D eigenvalue weighted by molar-refractivity contribution is -0.151. The number of esters is 1. The van der Waals surface area contributed by atoms with E-state index in [0.29, 0.717) is 23.0 Å². The Morgan fingerprint density at radius 3 is 2.40 bits per heavy atom. The Morgan fingerprint density at radius 1 is 0.967 bits per heavy atom. The van der Waals surface area contributed by atoms with E-state index < -0.39 is 30.5 Å². The van der Waals surface area contributed by atoms with Gasteiger partial charge in [-0.15, -0.1) is 0 Å². The van der Waals surface area contributed by atoms with Gasteiger partial charge in [-0.2, -0.15) is 0 Å². The van der Waals surface area contributed by atoms with Crippen LogP contribution >= 0.6 is 0 Å². The molecule has 0 bridgehead atoms. The van der Waals surface area contributed by atoms with E-state index in [-0.39, 0.29) is 13.2 Å². The van der Waals surface area contributed by atoms with Gasteiger partial charge in [0.1, 0.15) is 18.1 Å². The van der Waals surface area contributed by atoms with Gasteiger partial charge in [-0.1, -0.05) is 12.1 Å². The standard InChI is InChI=1S/C20H20N2O8/c1-26-13-6-8-14(9-7-13)27-12-19(24)29-11-18(23)21-22-20(25)17-10-28-15-4-2-3-5-16(15)30-17/h2-9,17H,10-12H2,1H3,(H,21,23)(H,22,25)/t17-/m0/s1. The fourth-order valence-electron chi connectivity index (χ4n) is 2.40. The Morgan fingerprint density at radius 2 is 1.67 bits per heavy atom. The largest absolute Gasteiger partial charge is 0.497 e. The van der Waals surface area contributed by atoms with Gasteiger partial charge in [0.25, 0.3) is 11.8 Å². The summed E-state index contributed by atoms with van der Waals surface area (Å²) in [4.78, 5) is 35.5. The number of rotatable bonds is 7. The van der Waals surface area contributed by atoms with Crippen molar-refractivity contribution in [2.45, 2.75) is 6.10 Å². The summed E-state index contributed by atoms with van der Waals surface area (Å²) in [7, 11) is 1.54. The molecule has 30 heavy (non-hydrogen) atoms. The highest BCUT2D eigenvalue weighted by atomic mass is 16.6. The Kier molecular flexibility index (Phi) is 6.93. The molecule has 1 atom stereocenters. The molecule has 0 aromatic heterocycles. The van der Waals surface area contributed by atoms with Crippen molar-refractivity contribution in [1.82, 2.24) is 10.9 Å². The highest BCUT2D eigenvalue weighted by molar-refractivity contribution is 5.86. The second kappa shape index (κ2) is 10.0. The van der Waals surface area contributed by atoms with Crippen molar-refractivity contribution in [2.75, 3.05) is 26.9 Å². The average Bonchev–Trinajstić information content (AvgIpc) is 2.79. The number of ether oxygens (including phenoxy) is 5. The quantitative estimate of drug-likeness (QED) is 0.497. The number of fused-ring (bicyclic) bond motifs is 1. The number of benzene rings is 2. The molecule has 1 aliphatic rings. The molecule has 2 aromatic carbocycles. The molecule has 1 heterocycles. The third-order valence-corrected chi connectivity index (χ3v) is 3.91. The van der Waals surface area contributed by atoms with E-state index in [2.05, 4.69) is 10.9 Å². The zero-order chi connectivity index (χ0) is 21.3. The summed E-state index contributed by atoms with van der Waals surface area (Å²) >= 11 is 0. The molecule has 0 saturated heterocycles. The first-order valence-corrected chi connectivity index (χ1v) is 8.95. The summed E-state index contributed by atoms with van der Waals surface area (Å²) in [5.41, 5.74) is 4.34. The first-order valence-electron chi connectivity index (χ1n) is 8.95. The van der Waals surface area contributed by atoms with Gasteiger partial charge in [0.05, 0.1) is 7.11 Å². The molecule has 2 amide bonds. The maximum atomic E-state index is 12.1. The molecule has 3 rings (SSSR count). The molecule has 1 aliphatic heterocycles. The summed E-state index contributed by atoms with van der Waals surface area (Å²) < 4.78 is 26.0. The first-order chi connectivity index (χ1) is 14.5. The third kappa shape index (κ3) is 5.77. The lowest BCUT2D eigenvalue weighted by Gasteiger charge is -2.25. The van der Waals surface area contributed by atoms with Crippen LogP contribution in [0.5, 0.6) is 23.0 Å². The van der Waals surface area contributed by atoms with Gasteiger partial charge in [0, 0.05) is 0 Å². The molecule has 0 aliphatic carbocycles. The Hall–Kier alpha value is -3.95. The molecule has 0 radical (unpaired) electrons. The summed E-state index contributed by atoms with van der Waals surface area (Å²) in [5, 5.41) is 0. The molecule has 0 saturated carbocycles. The van der Waals surface area contributed by atoms with Crippen molar-refractivity contribution in [2.24, 2.45) is 0 Å². The van der Waals surface area contributed by atoms with E-state index in [1.807, 2.05) is 0 Å². The molecular weight excluding hydrogens is 396 g/mol. The van der Waals surface area contributed by atoms with Crippen LogP contribution in [0.15, 0.2) is 48.5 Å². The molecule has 10 heteroatoms. The van der Waals surface area contributed by atoms with Crippen LogP contribution in [0.2, 0.25) is 0 Å². The van der Waals surface area contributed by atoms with E-state index >= 15 is 0 Å². The number of carbonyl (C=O) groups excluding carboxylic acids is 3. The maximum Gasteiger partial charge on any atom is 0.344 e. The lowest BCUT2D eigenvalue weighted by atomic mass is 10.2. The molecule has 0 spiro atoms. The van der Waals surface area contributed by atoms with Crippen LogP contribution in [0, 0.1) is 0 Å². The van der Waals surface area contributed by atoms with E-state index in [1.165, 1.54) is 7.11 Å². The summed E-state index contributed by atoms with van der Waals surface area (Å²) in [5.74, 6) is -0.00707. The number of methoxy groups -OCH3 is 1. The normalized spacial score (nSPS) is 14.2. The van der Waals surface area contributed by atoms with Crippen molar-refractivity contribution in [3.63, 3.8) is 0 Å². The van der Waals surface area contributed by atoms with Gasteiger partial charge in [-0.05, 0) is 36.4 Å². The van der Waals surface area contributed by atoms with E-state index in [0.717, 1.165) is 0 Å². The third-order valence-electron chi connectivity index (χ3n) is 3.91. The fourth-order valence-corrected chi connectivity index (χ4v) is 2.40. The van der Waals surface area contributed by atoms with Crippen LogP contribution in [0.4, 0.5) is 0 Å². The van der Waals surface area contributed by atoms with Crippen molar-refractivity contribution in [3.8, 4) is 23.0 Å². The zero-order valence-electron chi connectivity index (χ0n) is 16.1. The number of para-hydroxylation sites is 2. The molecular formula is C20H20N2O8. The van der Waals surface area contributed by atoms with Crippen LogP contribution in [-0.2, 0) is 19.1 Å². The maximum absolute atomic E-state index is 12.1. The summed E-state index contributed by atoms with van der Waals surface area (Å²) in [6.07, 6.45) is -0.930. The molecule has 158 valence electrons. The molecule has 2 aromatic rings. The number of hydrogen-bond donors (Lipinski definition) is 2.